The summed E-state index contributed by atoms with van der Waals surface area (Å²) in [6.07, 6.45) is 1.43. The molecule has 3 N–H and O–H groups in total. The van der Waals surface area contributed by atoms with Gasteiger partial charge in [0.2, 0.25) is 5.91 Å². The summed E-state index contributed by atoms with van der Waals surface area (Å²) in [6, 6.07) is 7.29. The molecule has 1 aromatic carbocycles. The smallest absolute Gasteiger partial charge is 0.346 e. The van der Waals surface area contributed by atoms with Crippen LogP contribution in [-0.2, 0) is 34.4 Å². The fourth-order valence-corrected chi connectivity index (χ4v) is 5.21. The molecular formula is C20H23N4O4S3. The van der Waals surface area contributed by atoms with Crippen molar-refractivity contribution in [2.24, 2.45) is 0 Å². The molecule has 0 spiro atoms. The van der Waals surface area contributed by atoms with E-state index in [0.717, 1.165) is 38.3 Å². The molecule has 0 fully saturated rings. The van der Waals surface area contributed by atoms with Crippen LogP contribution in [0, 0.1) is 19.9 Å². The minimum Gasteiger partial charge on any atom is -0.346 e. The molecule has 1 amide bonds. The van der Waals surface area contributed by atoms with Crippen molar-refractivity contribution in [3.63, 3.8) is 0 Å². The van der Waals surface area contributed by atoms with Crippen LogP contribution < -0.4 is 10.0 Å². The second-order valence-electron chi connectivity index (χ2n) is 6.95. The monoisotopic (exact) mass is 479 g/mol. The van der Waals surface area contributed by atoms with E-state index in [1.165, 1.54) is 23.5 Å². The number of aromatic nitrogens is 2. The van der Waals surface area contributed by atoms with Crippen molar-refractivity contribution in [2.45, 2.75) is 46.1 Å². The molecule has 3 aromatic rings. The van der Waals surface area contributed by atoms with Crippen molar-refractivity contribution < 1.29 is 17.8 Å². The van der Waals surface area contributed by atoms with Gasteiger partial charge in [0.15, 0.2) is 0 Å². The average molecular weight is 480 g/mol. The van der Waals surface area contributed by atoms with Crippen LogP contribution in [0.5, 0.6) is 0 Å². The highest BCUT2D eigenvalue weighted by Crippen LogP contribution is 2.24. The second-order valence-corrected chi connectivity index (χ2v) is 10.4. The van der Waals surface area contributed by atoms with E-state index in [-0.39, 0.29) is 24.1 Å². The molecule has 0 aliphatic carbocycles. The van der Waals surface area contributed by atoms with Crippen LogP contribution >= 0.6 is 22.7 Å². The number of nitrogens with one attached hydrogen (secondary N) is 2. The highest BCUT2D eigenvalue weighted by Gasteiger charge is 2.20. The third-order valence-corrected chi connectivity index (χ3v) is 6.87. The van der Waals surface area contributed by atoms with Gasteiger partial charge in [0.25, 0.3) is 0 Å². The van der Waals surface area contributed by atoms with Crippen LogP contribution in [0.2, 0.25) is 0 Å². The Bertz CT molecular complexity index is 1150. The summed E-state index contributed by atoms with van der Waals surface area (Å²) in [7, 11) is -4.34. The first-order valence-corrected chi connectivity index (χ1v) is 12.7. The van der Waals surface area contributed by atoms with Crippen LogP contribution in [0.25, 0.3) is 0 Å². The highest BCUT2D eigenvalue weighted by atomic mass is 32.2. The van der Waals surface area contributed by atoms with Crippen LogP contribution in [0.15, 0.2) is 23.6 Å². The first kappa shape index (κ1) is 23.3. The number of rotatable bonds is 9. The number of amides is 1. The summed E-state index contributed by atoms with van der Waals surface area (Å²) in [5.74, 6) is -0.142. The molecule has 2 aromatic heterocycles. The number of aryl methyl sites for hydroxylation is 3. The zero-order valence-electron chi connectivity index (χ0n) is 17.3. The van der Waals surface area contributed by atoms with Gasteiger partial charge in [-0.2, -0.15) is 8.42 Å². The topological polar surface area (TPSA) is 121 Å². The van der Waals surface area contributed by atoms with E-state index in [1.807, 2.05) is 30.9 Å². The number of carbonyl (C=O) groups is 1. The van der Waals surface area contributed by atoms with Gasteiger partial charge < -0.3 is 5.32 Å². The maximum Gasteiger partial charge on any atom is 0.357 e. The quantitative estimate of drug-likeness (QED) is 0.404. The van der Waals surface area contributed by atoms with E-state index >= 15 is 0 Å². The number of benzene rings is 1. The van der Waals surface area contributed by atoms with Crippen molar-refractivity contribution in [1.82, 2.24) is 15.3 Å². The predicted molar refractivity (Wildman–Crippen MR) is 122 cm³/mol. The Morgan fingerprint density at radius 1 is 1.29 bits per heavy atom. The van der Waals surface area contributed by atoms with E-state index in [1.54, 1.807) is 17.4 Å². The Morgan fingerprint density at radius 3 is 2.61 bits per heavy atom. The van der Waals surface area contributed by atoms with Crippen molar-refractivity contribution in [3.8, 4) is 0 Å². The normalized spacial score (nSPS) is 12.5. The second kappa shape index (κ2) is 9.86. The Morgan fingerprint density at radius 2 is 2.06 bits per heavy atom. The number of hydrogen-bond acceptors (Lipinski definition) is 7. The fraction of sp³-hybridized carbons (Fsp3) is 0.350. The number of thiazole rings is 2. The first-order chi connectivity index (χ1) is 14.6. The summed E-state index contributed by atoms with van der Waals surface area (Å²) in [5.41, 5.74) is 2.70. The van der Waals surface area contributed by atoms with Gasteiger partial charge in [0.05, 0.1) is 34.5 Å². The van der Waals surface area contributed by atoms with Gasteiger partial charge in [-0.3, -0.25) is 14.1 Å². The third kappa shape index (κ3) is 6.82. The molecule has 11 heteroatoms. The van der Waals surface area contributed by atoms with Gasteiger partial charge in [0, 0.05) is 10.3 Å². The molecular weight excluding hydrogens is 456 g/mol. The van der Waals surface area contributed by atoms with Crippen LogP contribution in [0.1, 0.15) is 44.8 Å². The highest BCUT2D eigenvalue weighted by molar-refractivity contribution is 7.87. The van der Waals surface area contributed by atoms with Crippen molar-refractivity contribution in [1.29, 1.82) is 0 Å². The Hall–Kier alpha value is -2.34. The standard InChI is InChI=1S/C20H23N4O4S3/c1-4-15-11-29-20(22-15)18(23-19(25)10-17-12(2)30-13(3)21-17)9-14-5-7-16(8-6-14)24-31(26,27)28/h5,7-8,11,18,24H,4,9-10H2,1-3H3,(H,23,25)(H,26,27,28). The molecule has 0 aliphatic heterocycles. The van der Waals surface area contributed by atoms with Crippen LogP contribution in [-0.4, -0.2) is 28.8 Å². The number of carbonyl (C=O) groups excluding carboxylic acids is 1. The summed E-state index contributed by atoms with van der Waals surface area (Å²) < 4.78 is 32.8. The van der Waals surface area contributed by atoms with E-state index in [2.05, 4.69) is 21.4 Å². The van der Waals surface area contributed by atoms with Gasteiger partial charge in [-0.1, -0.05) is 13.0 Å². The molecule has 31 heavy (non-hydrogen) atoms. The molecule has 0 saturated carbocycles. The van der Waals surface area contributed by atoms with Crippen LogP contribution in [0.4, 0.5) is 5.69 Å². The molecule has 0 saturated heterocycles. The van der Waals surface area contributed by atoms with Crippen molar-refractivity contribution in [3.05, 3.63) is 61.5 Å². The van der Waals surface area contributed by atoms with E-state index in [9.17, 15) is 13.2 Å². The molecule has 8 nitrogen and oxygen atoms in total. The molecule has 3 rings (SSSR count). The molecule has 1 unspecified atom stereocenters. The van der Waals surface area contributed by atoms with Crippen molar-refractivity contribution in [2.75, 3.05) is 4.72 Å². The van der Waals surface area contributed by atoms with Crippen LogP contribution in [0.3, 0.4) is 0 Å². The van der Waals surface area contributed by atoms with Gasteiger partial charge in [0.1, 0.15) is 5.01 Å². The lowest BCUT2D eigenvalue weighted by atomic mass is 10.1. The van der Waals surface area contributed by atoms with Gasteiger partial charge in [-0.05, 0) is 50.5 Å². The lowest BCUT2D eigenvalue weighted by Gasteiger charge is -2.17. The van der Waals surface area contributed by atoms with Gasteiger partial charge in [-0.15, -0.1) is 22.7 Å². The van der Waals surface area contributed by atoms with Gasteiger partial charge >= 0.3 is 10.3 Å². The van der Waals surface area contributed by atoms with E-state index in [4.69, 9.17) is 4.55 Å². The number of anilines is 1. The molecule has 0 bridgehead atoms. The van der Waals surface area contributed by atoms with Crippen molar-refractivity contribution >= 4 is 44.6 Å². The maximum atomic E-state index is 12.8. The SMILES string of the molecule is CCc1csc(C(Cc2[c]cc(NS(=O)(=O)O)cc2)NC(=O)Cc2nc(C)sc2C)n1. The zero-order valence-corrected chi connectivity index (χ0v) is 19.7. The molecule has 1 atom stereocenters. The molecule has 165 valence electrons. The van der Waals surface area contributed by atoms with E-state index < -0.39 is 10.3 Å². The lowest BCUT2D eigenvalue weighted by molar-refractivity contribution is -0.121. The minimum atomic E-state index is -4.34. The van der Waals surface area contributed by atoms with Gasteiger partial charge in [-0.25, -0.2) is 9.97 Å². The number of hydrogen-bond donors (Lipinski definition) is 3. The molecule has 2 heterocycles. The number of nitrogens with zero attached hydrogens (tertiary/aromatic N) is 2. The third-order valence-electron chi connectivity index (χ3n) is 4.44. The van der Waals surface area contributed by atoms with E-state index in [0.29, 0.717) is 6.42 Å². The Kier molecular flexibility index (Phi) is 7.42. The molecule has 1 radical (unpaired) electrons. The average Bonchev–Trinajstić information content (AvgIpc) is 3.28. The largest absolute Gasteiger partial charge is 0.357 e. The first-order valence-electron chi connectivity index (χ1n) is 9.55. The summed E-state index contributed by atoms with van der Waals surface area (Å²) in [4.78, 5) is 22.8. The minimum absolute atomic E-state index is 0.142. The Balaban J connectivity index is 1.76. The Labute approximate surface area is 189 Å². The summed E-state index contributed by atoms with van der Waals surface area (Å²) >= 11 is 3.06. The maximum absolute atomic E-state index is 12.8. The summed E-state index contributed by atoms with van der Waals surface area (Å²) in [6.45, 7) is 5.89. The fourth-order valence-electron chi connectivity index (χ4n) is 3.00. The summed E-state index contributed by atoms with van der Waals surface area (Å²) in [5, 5.41) is 6.76. The predicted octanol–water partition coefficient (Wildman–Crippen LogP) is 3.44. The molecule has 0 aliphatic rings. The lowest BCUT2D eigenvalue weighted by Crippen LogP contribution is -2.31. The zero-order chi connectivity index (χ0) is 22.6.